The molecule has 1 saturated carbocycles. The normalized spacial score (nSPS) is 17.2. The second kappa shape index (κ2) is 6.55. The zero-order chi connectivity index (χ0) is 11.9. The van der Waals surface area contributed by atoms with Crippen molar-refractivity contribution >= 4 is 5.91 Å². The van der Waals surface area contributed by atoms with Crippen molar-refractivity contribution in [3.05, 3.63) is 0 Å². The van der Waals surface area contributed by atoms with Gasteiger partial charge in [-0.1, -0.05) is 0 Å². The maximum atomic E-state index is 11.6. The maximum absolute atomic E-state index is 11.6. The standard InChI is InChI=1S/C13H21NO2/c1-3-4-5-6-10-14-12(15)11-13(16-2)8-7-9-13/h1H,4-11H2,2H3,(H,14,15). The van der Waals surface area contributed by atoms with Gasteiger partial charge in [0.25, 0.3) is 0 Å². The van der Waals surface area contributed by atoms with E-state index in [2.05, 4.69) is 11.2 Å². The van der Waals surface area contributed by atoms with E-state index in [0.29, 0.717) is 6.42 Å². The molecule has 1 rings (SSSR count). The van der Waals surface area contributed by atoms with E-state index in [1.54, 1.807) is 7.11 Å². The second-order valence-corrected chi connectivity index (χ2v) is 4.43. The van der Waals surface area contributed by atoms with Gasteiger partial charge in [0.2, 0.25) is 5.91 Å². The minimum absolute atomic E-state index is 0.0993. The van der Waals surface area contributed by atoms with Crippen molar-refractivity contribution in [2.75, 3.05) is 13.7 Å². The lowest BCUT2D eigenvalue weighted by atomic mass is 9.77. The van der Waals surface area contributed by atoms with Crippen LogP contribution in [0.5, 0.6) is 0 Å². The monoisotopic (exact) mass is 223 g/mol. The highest BCUT2D eigenvalue weighted by Gasteiger charge is 2.38. The Bertz CT molecular complexity index is 258. The van der Waals surface area contributed by atoms with E-state index in [-0.39, 0.29) is 11.5 Å². The molecule has 0 atom stereocenters. The fraction of sp³-hybridized carbons (Fsp3) is 0.769. The van der Waals surface area contributed by atoms with Crippen LogP contribution < -0.4 is 5.32 Å². The first-order chi connectivity index (χ1) is 7.72. The molecule has 1 amide bonds. The molecule has 3 nitrogen and oxygen atoms in total. The number of rotatable bonds is 7. The predicted octanol–water partition coefficient (Wildman–Crippen LogP) is 1.87. The number of hydrogen-bond acceptors (Lipinski definition) is 2. The number of carbonyl (C=O) groups is 1. The molecule has 0 aromatic rings. The summed E-state index contributed by atoms with van der Waals surface area (Å²) >= 11 is 0. The fourth-order valence-corrected chi connectivity index (χ4v) is 1.96. The molecule has 1 aliphatic rings. The van der Waals surface area contributed by atoms with E-state index in [1.165, 1.54) is 6.42 Å². The van der Waals surface area contributed by atoms with Gasteiger partial charge in [-0.25, -0.2) is 0 Å². The first-order valence-electron chi connectivity index (χ1n) is 5.98. The molecule has 0 spiro atoms. The van der Waals surface area contributed by atoms with Crippen LogP contribution in [0, 0.1) is 12.3 Å². The van der Waals surface area contributed by atoms with Crippen molar-refractivity contribution in [3.63, 3.8) is 0 Å². The molecular formula is C13H21NO2. The SMILES string of the molecule is C#CCCCCNC(=O)CC1(OC)CCC1. The topological polar surface area (TPSA) is 38.3 Å². The van der Waals surface area contributed by atoms with Crippen molar-refractivity contribution in [1.82, 2.24) is 5.32 Å². The lowest BCUT2D eigenvalue weighted by molar-refractivity contribution is -0.134. The van der Waals surface area contributed by atoms with Gasteiger partial charge in [0, 0.05) is 20.1 Å². The molecule has 1 fully saturated rings. The number of carbonyl (C=O) groups excluding carboxylic acids is 1. The van der Waals surface area contributed by atoms with Crippen LogP contribution in [0.3, 0.4) is 0 Å². The number of amides is 1. The molecule has 90 valence electrons. The summed E-state index contributed by atoms with van der Waals surface area (Å²) in [5, 5.41) is 2.91. The van der Waals surface area contributed by atoms with Crippen LogP contribution in [0.1, 0.15) is 44.9 Å². The third kappa shape index (κ3) is 3.86. The number of nitrogens with one attached hydrogen (secondary N) is 1. The van der Waals surface area contributed by atoms with Crippen LogP contribution >= 0.6 is 0 Å². The first kappa shape index (κ1) is 13.1. The molecule has 0 bridgehead atoms. The lowest BCUT2D eigenvalue weighted by Crippen LogP contribution is -2.44. The summed E-state index contributed by atoms with van der Waals surface area (Å²) < 4.78 is 5.40. The molecule has 1 N–H and O–H groups in total. The minimum atomic E-state index is -0.164. The molecule has 0 radical (unpaired) electrons. The average molecular weight is 223 g/mol. The van der Waals surface area contributed by atoms with Gasteiger partial charge in [0.15, 0.2) is 0 Å². The zero-order valence-electron chi connectivity index (χ0n) is 10.1. The summed E-state index contributed by atoms with van der Waals surface area (Å²) in [7, 11) is 1.69. The van der Waals surface area contributed by atoms with E-state index >= 15 is 0 Å². The van der Waals surface area contributed by atoms with Gasteiger partial charge < -0.3 is 10.1 Å². The fourth-order valence-electron chi connectivity index (χ4n) is 1.96. The lowest BCUT2D eigenvalue weighted by Gasteiger charge is -2.39. The summed E-state index contributed by atoms with van der Waals surface area (Å²) in [6, 6.07) is 0. The highest BCUT2D eigenvalue weighted by atomic mass is 16.5. The Morgan fingerprint density at radius 1 is 1.50 bits per heavy atom. The van der Waals surface area contributed by atoms with Crippen LogP contribution in [0.25, 0.3) is 0 Å². The van der Waals surface area contributed by atoms with E-state index in [4.69, 9.17) is 11.2 Å². The van der Waals surface area contributed by atoms with Gasteiger partial charge in [0.05, 0.1) is 12.0 Å². The predicted molar refractivity (Wildman–Crippen MR) is 63.9 cm³/mol. The Morgan fingerprint density at radius 2 is 2.25 bits per heavy atom. The minimum Gasteiger partial charge on any atom is -0.378 e. The van der Waals surface area contributed by atoms with Gasteiger partial charge in [-0.05, 0) is 32.1 Å². The molecule has 3 heteroatoms. The highest BCUT2D eigenvalue weighted by molar-refractivity contribution is 5.77. The molecule has 0 unspecified atom stereocenters. The number of methoxy groups -OCH3 is 1. The van der Waals surface area contributed by atoms with Crippen LogP contribution in [0.15, 0.2) is 0 Å². The molecule has 0 saturated heterocycles. The highest BCUT2D eigenvalue weighted by Crippen LogP contribution is 2.37. The zero-order valence-corrected chi connectivity index (χ0v) is 10.1. The smallest absolute Gasteiger partial charge is 0.222 e. The van der Waals surface area contributed by atoms with Gasteiger partial charge in [-0.2, -0.15) is 0 Å². The first-order valence-corrected chi connectivity index (χ1v) is 5.98. The summed E-state index contributed by atoms with van der Waals surface area (Å²) in [5.41, 5.74) is -0.164. The largest absolute Gasteiger partial charge is 0.378 e. The van der Waals surface area contributed by atoms with E-state index in [1.807, 2.05) is 0 Å². The van der Waals surface area contributed by atoms with Gasteiger partial charge in [0.1, 0.15) is 0 Å². The van der Waals surface area contributed by atoms with Gasteiger partial charge in [-0.3, -0.25) is 4.79 Å². The van der Waals surface area contributed by atoms with Crippen molar-refractivity contribution in [2.45, 2.75) is 50.5 Å². The molecule has 0 aliphatic heterocycles. The van der Waals surface area contributed by atoms with E-state index in [9.17, 15) is 4.79 Å². The Kier molecular flexibility index (Phi) is 5.34. The van der Waals surface area contributed by atoms with E-state index in [0.717, 1.165) is 38.6 Å². The van der Waals surface area contributed by atoms with Crippen molar-refractivity contribution in [2.24, 2.45) is 0 Å². The Labute approximate surface area is 97.9 Å². The summed E-state index contributed by atoms with van der Waals surface area (Å²) in [6.45, 7) is 0.723. The van der Waals surface area contributed by atoms with Crippen molar-refractivity contribution < 1.29 is 9.53 Å². The molecule has 0 aromatic heterocycles. The molecule has 0 heterocycles. The van der Waals surface area contributed by atoms with Gasteiger partial charge >= 0.3 is 0 Å². The quantitative estimate of drug-likeness (QED) is 0.528. The number of hydrogen-bond donors (Lipinski definition) is 1. The average Bonchev–Trinajstić information content (AvgIpc) is 2.23. The molecule has 1 aliphatic carbocycles. The number of ether oxygens (including phenoxy) is 1. The molecule has 0 aromatic carbocycles. The summed E-state index contributed by atoms with van der Waals surface area (Å²) in [5.74, 6) is 2.69. The third-order valence-electron chi connectivity index (χ3n) is 3.25. The third-order valence-corrected chi connectivity index (χ3v) is 3.25. The number of unbranched alkanes of at least 4 members (excludes halogenated alkanes) is 2. The van der Waals surface area contributed by atoms with E-state index < -0.39 is 0 Å². The van der Waals surface area contributed by atoms with Crippen LogP contribution in [0.4, 0.5) is 0 Å². The summed E-state index contributed by atoms with van der Waals surface area (Å²) in [6.07, 6.45) is 11.6. The maximum Gasteiger partial charge on any atom is 0.222 e. The van der Waals surface area contributed by atoms with Crippen LogP contribution in [0.2, 0.25) is 0 Å². The molecule has 16 heavy (non-hydrogen) atoms. The Morgan fingerprint density at radius 3 is 2.75 bits per heavy atom. The second-order valence-electron chi connectivity index (χ2n) is 4.43. The molecular weight excluding hydrogens is 202 g/mol. The number of terminal acetylenes is 1. The Hall–Kier alpha value is -1.01. The van der Waals surface area contributed by atoms with Crippen molar-refractivity contribution in [1.29, 1.82) is 0 Å². The summed E-state index contributed by atoms with van der Waals surface area (Å²) in [4.78, 5) is 11.6. The van der Waals surface area contributed by atoms with Gasteiger partial charge in [-0.15, -0.1) is 12.3 Å². The van der Waals surface area contributed by atoms with Crippen LogP contribution in [-0.4, -0.2) is 25.2 Å². The Balaban J connectivity index is 2.09. The van der Waals surface area contributed by atoms with Crippen LogP contribution in [-0.2, 0) is 9.53 Å². The van der Waals surface area contributed by atoms with Crippen molar-refractivity contribution in [3.8, 4) is 12.3 Å².